The van der Waals surface area contributed by atoms with E-state index in [1.54, 1.807) is 24.3 Å². The van der Waals surface area contributed by atoms with Gasteiger partial charge in [0.2, 0.25) is 0 Å². The van der Waals surface area contributed by atoms with Crippen LogP contribution in [0.15, 0.2) is 54.2 Å². The molecule has 2 amide bonds. The molecule has 8 nitrogen and oxygen atoms in total. The van der Waals surface area contributed by atoms with Crippen LogP contribution in [-0.2, 0) is 4.79 Å². The van der Waals surface area contributed by atoms with Crippen molar-refractivity contribution in [3.8, 4) is 5.75 Å². The van der Waals surface area contributed by atoms with Crippen LogP contribution in [0.4, 0.5) is 5.69 Å². The van der Waals surface area contributed by atoms with Crippen molar-refractivity contribution < 1.29 is 19.2 Å². The van der Waals surface area contributed by atoms with Crippen molar-refractivity contribution in [1.82, 2.24) is 10.6 Å². The van der Waals surface area contributed by atoms with Gasteiger partial charge < -0.3 is 15.4 Å². The smallest absolute Gasteiger partial charge is 0.269 e. The van der Waals surface area contributed by atoms with E-state index in [9.17, 15) is 19.7 Å². The van der Waals surface area contributed by atoms with Crippen LogP contribution in [0.25, 0.3) is 6.08 Å². The molecule has 2 aromatic carbocycles. The lowest BCUT2D eigenvalue weighted by molar-refractivity contribution is -0.384. The first-order chi connectivity index (χ1) is 13.9. The number of benzene rings is 2. The van der Waals surface area contributed by atoms with E-state index in [1.807, 2.05) is 6.92 Å². The summed E-state index contributed by atoms with van der Waals surface area (Å²) in [6.45, 7) is 2.48. The number of carbonyl (C=O) groups is 2. The first-order valence-corrected chi connectivity index (χ1v) is 9.14. The monoisotopic (exact) mass is 397 g/mol. The largest absolute Gasteiger partial charge is 0.497 e. The summed E-state index contributed by atoms with van der Waals surface area (Å²) in [5.74, 6) is -0.273. The molecule has 29 heavy (non-hydrogen) atoms. The molecular weight excluding hydrogens is 374 g/mol. The molecule has 0 unspecified atom stereocenters. The molecule has 0 bridgehead atoms. The summed E-state index contributed by atoms with van der Waals surface area (Å²) in [5, 5.41) is 16.2. The fourth-order valence-electron chi connectivity index (χ4n) is 2.43. The SMILES string of the molecule is CCCCNC(=O)/C(=C/c1ccc([N+](=O)[O-])cc1)NC(=O)c1ccc(OC)cc1. The highest BCUT2D eigenvalue weighted by Crippen LogP contribution is 2.15. The molecule has 0 spiro atoms. The van der Waals surface area contributed by atoms with E-state index in [0.29, 0.717) is 23.4 Å². The summed E-state index contributed by atoms with van der Waals surface area (Å²) in [7, 11) is 1.53. The number of nitrogens with one attached hydrogen (secondary N) is 2. The number of methoxy groups -OCH3 is 1. The molecule has 0 fully saturated rings. The number of hydrogen-bond donors (Lipinski definition) is 2. The number of carbonyl (C=O) groups excluding carboxylic acids is 2. The predicted octanol–water partition coefficient (Wildman–Crippen LogP) is 3.29. The van der Waals surface area contributed by atoms with Crippen LogP contribution in [0.5, 0.6) is 5.75 Å². The van der Waals surface area contributed by atoms with E-state index in [4.69, 9.17) is 4.74 Å². The molecule has 0 saturated heterocycles. The first kappa shape index (κ1) is 21.6. The molecule has 8 heteroatoms. The minimum atomic E-state index is -0.503. The van der Waals surface area contributed by atoms with Gasteiger partial charge in [-0.2, -0.15) is 0 Å². The topological polar surface area (TPSA) is 111 Å². The number of hydrogen-bond acceptors (Lipinski definition) is 5. The van der Waals surface area contributed by atoms with Crippen molar-refractivity contribution in [1.29, 1.82) is 0 Å². The van der Waals surface area contributed by atoms with Crippen molar-refractivity contribution in [2.75, 3.05) is 13.7 Å². The zero-order chi connectivity index (χ0) is 21.2. The Morgan fingerprint density at radius 2 is 1.76 bits per heavy atom. The van der Waals surface area contributed by atoms with Crippen LogP contribution in [0.2, 0.25) is 0 Å². The number of nitro benzene ring substituents is 1. The normalized spacial score (nSPS) is 10.9. The second kappa shape index (κ2) is 10.6. The maximum absolute atomic E-state index is 12.6. The van der Waals surface area contributed by atoms with E-state index in [1.165, 1.54) is 37.5 Å². The third-order valence-electron chi connectivity index (χ3n) is 4.08. The Balaban J connectivity index is 2.24. The van der Waals surface area contributed by atoms with Crippen molar-refractivity contribution >= 4 is 23.6 Å². The Bertz CT molecular complexity index is 890. The molecule has 0 aliphatic heterocycles. The lowest BCUT2D eigenvalue weighted by atomic mass is 10.1. The molecule has 152 valence electrons. The van der Waals surface area contributed by atoms with Gasteiger partial charge in [0.05, 0.1) is 12.0 Å². The van der Waals surface area contributed by atoms with Crippen molar-refractivity contribution in [3.63, 3.8) is 0 Å². The number of rotatable bonds is 9. The zero-order valence-electron chi connectivity index (χ0n) is 16.3. The highest BCUT2D eigenvalue weighted by Gasteiger charge is 2.15. The van der Waals surface area contributed by atoms with Crippen LogP contribution < -0.4 is 15.4 Å². The highest BCUT2D eigenvalue weighted by atomic mass is 16.6. The van der Waals surface area contributed by atoms with Gasteiger partial charge in [0.15, 0.2) is 0 Å². The standard InChI is InChI=1S/C21H23N3O5/c1-3-4-13-22-21(26)19(14-15-5-9-17(10-6-15)24(27)28)23-20(25)16-7-11-18(29-2)12-8-16/h5-12,14H,3-4,13H2,1-2H3,(H,22,26)(H,23,25)/b19-14-. The third kappa shape index (κ3) is 6.46. The molecule has 0 aliphatic carbocycles. The number of non-ortho nitro benzene ring substituents is 1. The number of nitrogens with zero attached hydrogens (tertiary/aromatic N) is 1. The number of nitro groups is 1. The molecule has 2 N–H and O–H groups in total. The summed E-state index contributed by atoms with van der Waals surface area (Å²) in [6.07, 6.45) is 3.20. The number of unbranched alkanes of at least 4 members (excludes halogenated alkanes) is 1. The molecule has 0 heterocycles. The molecule has 0 radical (unpaired) electrons. The molecule has 0 aromatic heterocycles. The van der Waals surface area contributed by atoms with Crippen molar-refractivity contribution in [2.24, 2.45) is 0 Å². The van der Waals surface area contributed by atoms with Crippen molar-refractivity contribution in [3.05, 3.63) is 75.5 Å². The molecular formula is C21H23N3O5. The summed E-state index contributed by atoms with van der Waals surface area (Å²) in [5.41, 5.74) is 0.905. The van der Waals surface area contributed by atoms with Gasteiger partial charge in [0, 0.05) is 24.2 Å². The quantitative estimate of drug-likeness (QED) is 0.292. The summed E-state index contributed by atoms with van der Waals surface area (Å²) < 4.78 is 5.07. The van der Waals surface area contributed by atoms with Crippen LogP contribution in [0.3, 0.4) is 0 Å². The Morgan fingerprint density at radius 1 is 1.10 bits per heavy atom. The van der Waals surface area contributed by atoms with Gasteiger partial charge in [-0.3, -0.25) is 19.7 Å². The number of ether oxygens (including phenoxy) is 1. The van der Waals surface area contributed by atoms with Gasteiger partial charge in [0.1, 0.15) is 11.4 Å². The Hall–Kier alpha value is -3.68. The van der Waals surface area contributed by atoms with E-state index < -0.39 is 16.7 Å². The molecule has 2 aromatic rings. The molecule has 0 atom stereocenters. The van der Waals surface area contributed by atoms with Gasteiger partial charge in [-0.1, -0.05) is 13.3 Å². The summed E-state index contributed by atoms with van der Waals surface area (Å²) >= 11 is 0. The van der Waals surface area contributed by atoms with Gasteiger partial charge in [-0.25, -0.2) is 0 Å². The number of amides is 2. The van der Waals surface area contributed by atoms with Crippen molar-refractivity contribution in [2.45, 2.75) is 19.8 Å². The van der Waals surface area contributed by atoms with E-state index in [2.05, 4.69) is 10.6 Å². The van der Waals surface area contributed by atoms with E-state index >= 15 is 0 Å². The lowest BCUT2D eigenvalue weighted by Gasteiger charge is -2.11. The van der Waals surface area contributed by atoms with Crippen LogP contribution >= 0.6 is 0 Å². The highest BCUT2D eigenvalue weighted by molar-refractivity contribution is 6.05. The Kier molecular flexibility index (Phi) is 7.90. The van der Waals surface area contributed by atoms with Gasteiger partial charge in [-0.15, -0.1) is 0 Å². The van der Waals surface area contributed by atoms with E-state index in [-0.39, 0.29) is 11.4 Å². The second-order valence-electron chi connectivity index (χ2n) is 6.20. The molecule has 0 saturated carbocycles. The third-order valence-corrected chi connectivity index (χ3v) is 4.08. The van der Waals surface area contributed by atoms with Gasteiger partial charge in [-0.05, 0) is 54.5 Å². The lowest BCUT2D eigenvalue weighted by Crippen LogP contribution is -2.35. The van der Waals surface area contributed by atoms with Crippen LogP contribution in [-0.4, -0.2) is 30.4 Å². The summed E-state index contributed by atoms with van der Waals surface area (Å²) in [6, 6.07) is 12.2. The van der Waals surface area contributed by atoms with Gasteiger partial charge >= 0.3 is 0 Å². The van der Waals surface area contributed by atoms with Crippen LogP contribution in [0.1, 0.15) is 35.7 Å². The second-order valence-corrected chi connectivity index (χ2v) is 6.20. The van der Waals surface area contributed by atoms with Crippen LogP contribution in [0, 0.1) is 10.1 Å². The molecule has 0 aliphatic rings. The summed E-state index contributed by atoms with van der Waals surface area (Å²) in [4.78, 5) is 35.4. The maximum atomic E-state index is 12.6. The minimum absolute atomic E-state index is 0.0516. The minimum Gasteiger partial charge on any atom is -0.497 e. The Labute approximate surface area is 168 Å². The fraction of sp³-hybridized carbons (Fsp3) is 0.238. The fourth-order valence-corrected chi connectivity index (χ4v) is 2.43. The van der Waals surface area contributed by atoms with Gasteiger partial charge in [0.25, 0.3) is 17.5 Å². The Morgan fingerprint density at radius 3 is 2.31 bits per heavy atom. The molecule has 2 rings (SSSR count). The maximum Gasteiger partial charge on any atom is 0.269 e. The predicted molar refractivity (Wildman–Crippen MR) is 109 cm³/mol. The average molecular weight is 397 g/mol. The first-order valence-electron chi connectivity index (χ1n) is 9.14. The average Bonchev–Trinajstić information content (AvgIpc) is 2.73. The zero-order valence-corrected chi connectivity index (χ0v) is 16.3. The van der Waals surface area contributed by atoms with E-state index in [0.717, 1.165) is 12.8 Å².